The van der Waals surface area contributed by atoms with Gasteiger partial charge in [0.2, 0.25) is 0 Å². The number of ether oxygens (including phenoxy) is 2. The normalized spacial score (nSPS) is 20.3. The predicted octanol–water partition coefficient (Wildman–Crippen LogP) is 1.54. The van der Waals surface area contributed by atoms with E-state index in [0.29, 0.717) is 19.7 Å². The van der Waals surface area contributed by atoms with Crippen LogP contribution in [-0.4, -0.2) is 89.3 Å². The van der Waals surface area contributed by atoms with Crippen molar-refractivity contribution in [2.75, 3.05) is 45.8 Å². The number of β-amino-alcohol motifs (C(OH)–C–C–N with tert-alkyl or cyclic N) is 1. The second-order valence-corrected chi connectivity index (χ2v) is 7.93. The molecule has 0 amide bonds. The summed E-state index contributed by atoms with van der Waals surface area (Å²) in [7, 11) is 5.61. The third-order valence-electron chi connectivity index (χ3n) is 5.41. The number of aromatic amines is 1. The first kappa shape index (κ1) is 20.5. The first-order chi connectivity index (χ1) is 14.5. The number of nitrogens with one attached hydrogen (secondary N) is 1. The Morgan fingerprint density at radius 1 is 1.27 bits per heavy atom. The van der Waals surface area contributed by atoms with Crippen molar-refractivity contribution in [1.29, 1.82) is 0 Å². The van der Waals surface area contributed by atoms with Gasteiger partial charge in [-0.15, -0.1) is 0 Å². The maximum absolute atomic E-state index is 10.4. The van der Waals surface area contributed by atoms with Gasteiger partial charge in [0.25, 0.3) is 0 Å². The molecule has 3 aromatic rings. The Kier molecular flexibility index (Phi) is 5.85. The fourth-order valence-corrected chi connectivity index (χ4v) is 3.88. The van der Waals surface area contributed by atoms with Crippen LogP contribution in [-0.2, 0) is 4.74 Å². The third kappa shape index (κ3) is 4.09. The Morgan fingerprint density at radius 3 is 2.83 bits per heavy atom. The molecule has 9 heteroatoms. The number of anilines is 1. The largest absolute Gasteiger partial charge is 0.488 e. The zero-order valence-corrected chi connectivity index (χ0v) is 17.7. The molecule has 160 valence electrons. The van der Waals surface area contributed by atoms with Gasteiger partial charge in [0.15, 0.2) is 0 Å². The Bertz CT molecular complexity index is 1010. The molecule has 1 aliphatic heterocycles. The number of fused-ring (bicyclic) bond motifs is 1. The molecule has 1 saturated heterocycles. The molecule has 0 radical (unpaired) electrons. The summed E-state index contributed by atoms with van der Waals surface area (Å²) in [5.74, 6) is 1.53. The van der Waals surface area contributed by atoms with Crippen molar-refractivity contribution >= 4 is 16.7 Å². The van der Waals surface area contributed by atoms with Gasteiger partial charge >= 0.3 is 0 Å². The number of aliphatic hydroxyl groups is 1. The van der Waals surface area contributed by atoms with Crippen molar-refractivity contribution in [1.82, 2.24) is 25.1 Å². The highest BCUT2D eigenvalue weighted by Gasteiger charge is 2.33. The molecule has 2 aromatic heterocycles. The minimum atomic E-state index is -0.418. The molecule has 4 rings (SSSR count). The number of hydrogen-bond donors (Lipinski definition) is 2. The van der Waals surface area contributed by atoms with Gasteiger partial charge in [0, 0.05) is 31.7 Å². The van der Waals surface area contributed by atoms with E-state index in [0.717, 1.165) is 33.9 Å². The number of aliphatic hydroxyl groups excluding tert-OH is 1. The highest BCUT2D eigenvalue weighted by Crippen LogP contribution is 2.30. The number of H-pyrrole nitrogens is 1. The number of hydrogen-bond acceptors (Lipinski definition) is 8. The molecular weight excluding hydrogens is 384 g/mol. The van der Waals surface area contributed by atoms with Crippen LogP contribution in [0, 0.1) is 0 Å². The summed E-state index contributed by atoms with van der Waals surface area (Å²) in [4.78, 5) is 13.0. The van der Waals surface area contributed by atoms with Crippen molar-refractivity contribution < 1.29 is 14.6 Å². The summed E-state index contributed by atoms with van der Waals surface area (Å²) in [5.41, 5.74) is 2.36. The molecule has 30 heavy (non-hydrogen) atoms. The first-order valence-electron chi connectivity index (χ1n) is 10.0. The lowest BCUT2D eigenvalue weighted by Gasteiger charge is -2.21. The zero-order chi connectivity index (χ0) is 21.3. The van der Waals surface area contributed by atoms with Gasteiger partial charge in [-0.2, -0.15) is 5.10 Å². The van der Waals surface area contributed by atoms with Gasteiger partial charge in [-0.1, -0.05) is 0 Å². The minimum absolute atomic E-state index is 0.0558. The van der Waals surface area contributed by atoms with Gasteiger partial charge in [-0.3, -0.25) is 5.10 Å². The molecule has 0 unspecified atom stereocenters. The second kappa shape index (κ2) is 8.55. The van der Waals surface area contributed by atoms with Crippen LogP contribution in [0.4, 0.5) is 5.82 Å². The fraction of sp³-hybridized carbons (Fsp3) is 0.476. The number of nitrogens with zero attached hydrogens (tertiary/aromatic N) is 5. The second-order valence-electron chi connectivity index (χ2n) is 7.93. The topological polar surface area (TPSA) is 99.6 Å². The number of methoxy groups -OCH3 is 1. The quantitative estimate of drug-likeness (QED) is 0.603. The Labute approximate surface area is 175 Å². The number of likely N-dealkylation sites (N-methyl/N-ethyl adjacent to an activating group) is 1. The number of aromatic nitrogens is 4. The van der Waals surface area contributed by atoms with Gasteiger partial charge in [0.1, 0.15) is 29.7 Å². The van der Waals surface area contributed by atoms with Crippen LogP contribution in [0.15, 0.2) is 30.6 Å². The maximum Gasteiger partial charge on any atom is 0.132 e. The minimum Gasteiger partial charge on any atom is -0.488 e. The van der Waals surface area contributed by atoms with E-state index in [4.69, 9.17) is 9.47 Å². The van der Waals surface area contributed by atoms with Gasteiger partial charge < -0.3 is 24.4 Å². The zero-order valence-electron chi connectivity index (χ0n) is 17.7. The molecule has 1 aliphatic rings. The summed E-state index contributed by atoms with van der Waals surface area (Å²) >= 11 is 0. The Balaban J connectivity index is 1.62. The molecule has 0 bridgehead atoms. The molecule has 2 N–H and O–H groups in total. The first-order valence-corrected chi connectivity index (χ1v) is 10.0. The van der Waals surface area contributed by atoms with Gasteiger partial charge in [-0.25, -0.2) is 9.97 Å². The van der Waals surface area contributed by atoms with Crippen LogP contribution in [0.5, 0.6) is 5.75 Å². The van der Waals surface area contributed by atoms with E-state index in [9.17, 15) is 5.11 Å². The van der Waals surface area contributed by atoms with Crippen molar-refractivity contribution in [2.45, 2.75) is 25.2 Å². The van der Waals surface area contributed by atoms with Crippen LogP contribution in [0.2, 0.25) is 0 Å². The van der Waals surface area contributed by atoms with E-state index in [1.165, 1.54) is 0 Å². The number of rotatable bonds is 7. The summed E-state index contributed by atoms with van der Waals surface area (Å²) < 4.78 is 11.1. The van der Waals surface area contributed by atoms with E-state index in [-0.39, 0.29) is 12.1 Å². The third-order valence-corrected chi connectivity index (χ3v) is 5.41. The molecule has 3 heterocycles. The Hall–Kier alpha value is -2.75. The number of benzene rings is 1. The van der Waals surface area contributed by atoms with E-state index >= 15 is 0 Å². The monoisotopic (exact) mass is 412 g/mol. The van der Waals surface area contributed by atoms with E-state index < -0.39 is 6.10 Å². The predicted molar refractivity (Wildman–Crippen MR) is 115 cm³/mol. The standard InChI is InChI=1S/C21H28N6O3/c1-13(11-29-4)30-14-5-6-16-15(7-14)21(25-24-16)17-8-20(23-12-22-17)27-9-18(26(2)3)19(28)10-27/h5-8,12-13,18-19,28H,9-11H2,1-4H3,(H,24,25)/t13-,18-,19-/m0/s1. The molecule has 0 spiro atoms. The summed E-state index contributed by atoms with van der Waals surface area (Å²) in [6, 6.07) is 7.81. The van der Waals surface area contributed by atoms with Crippen molar-refractivity contribution in [3.63, 3.8) is 0 Å². The molecular formula is C21H28N6O3. The summed E-state index contributed by atoms with van der Waals surface area (Å²) in [6.07, 6.45) is 1.07. The molecule has 1 aromatic carbocycles. The molecule has 3 atom stereocenters. The molecule has 0 saturated carbocycles. The van der Waals surface area contributed by atoms with Gasteiger partial charge in [-0.05, 0) is 39.2 Å². The SMILES string of the molecule is COC[C@H](C)Oc1ccc2[nH]nc(-c3cc(N4C[C@H](O)[C@@H](N(C)C)C4)ncn3)c2c1. The van der Waals surface area contributed by atoms with Gasteiger partial charge in [0.05, 0.1) is 30.0 Å². The Morgan fingerprint density at radius 2 is 2.10 bits per heavy atom. The highest BCUT2D eigenvalue weighted by molar-refractivity contribution is 5.93. The van der Waals surface area contributed by atoms with Crippen LogP contribution in [0.1, 0.15) is 6.92 Å². The van der Waals surface area contributed by atoms with E-state index in [1.54, 1.807) is 13.4 Å². The smallest absolute Gasteiger partial charge is 0.132 e. The molecule has 1 fully saturated rings. The van der Waals surface area contributed by atoms with E-state index in [1.807, 2.05) is 50.2 Å². The highest BCUT2D eigenvalue weighted by atomic mass is 16.5. The molecule has 9 nitrogen and oxygen atoms in total. The summed E-state index contributed by atoms with van der Waals surface area (Å²) in [5, 5.41) is 18.8. The lowest BCUT2D eigenvalue weighted by atomic mass is 10.1. The van der Waals surface area contributed by atoms with Crippen LogP contribution in [0.3, 0.4) is 0 Å². The van der Waals surface area contributed by atoms with Crippen LogP contribution in [0.25, 0.3) is 22.3 Å². The average Bonchev–Trinajstić information content (AvgIpc) is 3.31. The summed E-state index contributed by atoms with van der Waals surface area (Å²) in [6.45, 7) is 3.73. The van der Waals surface area contributed by atoms with Crippen LogP contribution >= 0.6 is 0 Å². The fourth-order valence-electron chi connectivity index (χ4n) is 3.88. The van der Waals surface area contributed by atoms with Crippen molar-refractivity contribution in [2.24, 2.45) is 0 Å². The lowest BCUT2D eigenvalue weighted by molar-refractivity contribution is 0.0922. The lowest BCUT2D eigenvalue weighted by Crippen LogP contribution is -2.38. The van der Waals surface area contributed by atoms with Crippen LogP contribution < -0.4 is 9.64 Å². The van der Waals surface area contributed by atoms with Crippen molar-refractivity contribution in [3.05, 3.63) is 30.6 Å². The van der Waals surface area contributed by atoms with E-state index in [2.05, 4.69) is 25.1 Å². The average molecular weight is 412 g/mol. The van der Waals surface area contributed by atoms with Crippen molar-refractivity contribution in [3.8, 4) is 17.1 Å². The molecule has 0 aliphatic carbocycles. The maximum atomic E-state index is 10.4.